The Morgan fingerprint density at radius 2 is 1.79 bits per heavy atom. The maximum atomic E-state index is 14.2. The number of thioether (sulfide) groups is 1. The summed E-state index contributed by atoms with van der Waals surface area (Å²) in [6.45, 7) is 4.68. The van der Waals surface area contributed by atoms with Gasteiger partial charge in [-0.05, 0) is 48.7 Å². The Morgan fingerprint density at radius 1 is 1.00 bits per heavy atom. The van der Waals surface area contributed by atoms with E-state index in [2.05, 4.69) is 41.4 Å². The fraction of sp³-hybridized carbons (Fsp3) is 0.278. The van der Waals surface area contributed by atoms with E-state index in [9.17, 15) is 14.7 Å². The lowest BCUT2D eigenvalue weighted by molar-refractivity contribution is -0.117. The highest BCUT2D eigenvalue weighted by Crippen LogP contribution is 2.46. The highest BCUT2D eigenvalue weighted by atomic mass is 32.2. The number of unbranched alkanes of at least 4 members (excludes halogenated alkanes) is 2. The first-order valence-electron chi connectivity index (χ1n) is 15.5. The van der Waals surface area contributed by atoms with E-state index < -0.39 is 23.5 Å². The number of para-hydroxylation sites is 1. The van der Waals surface area contributed by atoms with Crippen LogP contribution < -0.4 is 19.1 Å². The van der Waals surface area contributed by atoms with Crippen molar-refractivity contribution in [3.05, 3.63) is 101 Å². The van der Waals surface area contributed by atoms with Crippen LogP contribution >= 0.6 is 23.1 Å². The van der Waals surface area contributed by atoms with Gasteiger partial charge in [0.15, 0.2) is 38.7 Å². The molecule has 1 aliphatic heterocycles. The van der Waals surface area contributed by atoms with Gasteiger partial charge in [-0.15, -0.1) is 10.2 Å². The Bertz CT molecular complexity index is 1980. The van der Waals surface area contributed by atoms with Crippen LogP contribution in [0.1, 0.15) is 59.5 Å². The topological polar surface area (TPSA) is 124 Å². The van der Waals surface area contributed by atoms with E-state index in [1.54, 1.807) is 42.5 Å². The van der Waals surface area contributed by atoms with Crippen molar-refractivity contribution >= 4 is 50.9 Å². The van der Waals surface area contributed by atoms with E-state index in [0.29, 0.717) is 50.5 Å². The first-order valence-corrected chi connectivity index (χ1v) is 17.3. The van der Waals surface area contributed by atoms with Gasteiger partial charge in [0.05, 0.1) is 32.4 Å². The molecule has 0 radical (unpaired) electrons. The number of aliphatic hydroxyl groups is 1. The van der Waals surface area contributed by atoms with Crippen LogP contribution in [0.25, 0.3) is 11.0 Å². The van der Waals surface area contributed by atoms with Crippen LogP contribution in [0.15, 0.2) is 86.8 Å². The highest BCUT2D eigenvalue weighted by Gasteiger charge is 2.47. The number of aryl methyl sites for hydroxylation is 1. The maximum absolute atomic E-state index is 14.2. The Labute approximate surface area is 286 Å². The molecule has 3 aromatic carbocycles. The number of furan rings is 1. The Hall–Kier alpha value is -4.81. The lowest BCUT2D eigenvalue weighted by Crippen LogP contribution is -2.31. The second-order valence-corrected chi connectivity index (χ2v) is 13.4. The predicted molar refractivity (Wildman–Crippen MR) is 186 cm³/mol. The van der Waals surface area contributed by atoms with Crippen LogP contribution in [0.5, 0.6) is 17.2 Å². The van der Waals surface area contributed by atoms with Crippen LogP contribution in [-0.2, 0) is 10.5 Å². The lowest BCUT2D eigenvalue weighted by atomic mass is 9.95. The number of Topliss-reactive ketones (excluding diaryl/α,β-unsaturated/α-hetero) is 1. The first kappa shape index (κ1) is 33.1. The number of nitrogens with zero attached hydrogens (tertiary/aromatic N) is 3. The minimum absolute atomic E-state index is 0.0508. The quantitative estimate of drug-likeness (QED) is 0.0529. The van der Waals surface area contributed by atoms with E-state index in [-0.39, 0.29) is 16.5 Å². The number of fused-ring (bicyclic) bond motifs is 1. The number of anilines is 1. The molecule has 12 heteroatoms. The number of aromatic nitrogens is 2. The van der Waals surface area contributed by atoms with Crippen molar-refractivity contribution in [2.24, 2.45) is 0 Å². The molecule has 0 aliphatic carbocycles. The van der Waals surface area contributed by atoms with Gasteiger partial charge in [-0.2, -0.15) is 0 Å². The average Bonchev–Trinajstić information content (AvgIpc) is 3.82. The number of methoxy groups -OCH3 is 2. The van der Waals surface area contributed by atoms with Gasteiger partial charge in [0.1, 0.15) is 0 Å². The summed E-state index contributed by atoms with van der Waals surface area (Å²) in [6.07, 6.45) is 2.99. The zero-order valence-corrected chi connectivity index (χ0v) is 28.7. The number of aliphatic hydroxyl groups excluding tert-OH is 1. The number of ether oxygens (including phenoxy) is 3. The molecule has 1 N–H and O–H groups in total. The van der Waals surface area contributed by atoms with Crippen molar-refractivity contribution < 1.29 is 33.3 Å². The van der Waals surface area contributed by atoms with Gasteiger partial charge in [0.2, 0.25) is 10.9 Å². The molecule has 0 fully saturated rings. The number of rotatable bonds is 14. The smallest absolute Gasteiger partial charge is 0.296 e. The van der Waals surface area contributed by atoms with Crippen molar-refractivity contribution in [3.8, 4) is 17.2 Å². The Kier molecular flexibility index (Phi) is 10.0. The molecule has 6 rings (SSSR count). The molecule has 0 saturated carbocycles. The molecule has 48 heavy (non-hydrogen) atoms. The van der Waals surface area contributed by atoms with E-state index in [0.717, 1.165) is 24.8 Å². The summed E-state index contributed by atoms with van der Waals surface area (Å²) in [4.78, 5) is 29.4. The molecule has 0 saturated heterocycles. The third kappa shape index (κ3) is 6.63. The number of hydrogen-bond acceptors (Lipinski definition) is 11. The van der Waals surface area contributed by atoms with Crippen molar-refractivity contribution in [1.29, 1.82) is 0 Å². The Balaban J connectivity index is 1.37. The van der Waals surface area contributed by atoms with E-state index in [1.807, 2.05) is 6.92 Å². The number of hydrogen-bond donors (Lipinski definition) is 1. The van der Waals surface area contributed by atoms with Gasteiger partial charge in [0, 0.05) is 11.1 Å². The number of carbonyl (C=O) groups excluding carboxylic acids is 2. The average molecular weight is 686 g/mol. The summed E-state index contributed by atoms with van der Waals surface area (Å²) in [7, 11) is 3.04. The number of benzene rings is 3. The summed E-state index contributed by atoms with van der Waals surface area (Å²) < 4.78 is 23.7. The van der Waals surface area contributed by atoms with Gasteiger partial charge in [-0.1, -0.05) is 90.9 Å². The van der Waals surface area contributed by atoms with E-state index in [1.165, 1.54) is 47.8 Å². The summed E-state index contributed by atoms with van der Waals surface area (Å²) in [6, 6.07) is 19.2. The molecular formula is C36H35N3O7S2. The number of ketones is 1. The minimum Gasteiger partial charge on any atom is -0.503 e. The van der Waals surface area contributed by atoms with Crippen molar-refractivity contribution in [2.75, 3.05) is 25.7 Å². The van der Waals surface area contributed by atoms with Crippen LogP contribution in [-0.4, -0.2) is 47.8 Å². The van der Waals surface area contributed by atoms with Gasteiger partial charge < -0.3 is 23.7 Å². The van der Waals surface area contributed by atoms with E-state index >= 15 is 0 Å². The molecule has 1 atom stereocenters. The van der Waals surface area contributed by atoms with Crippen LogP contribution in [0, 0.1) is 6.92 Å². The number of carbonyl (C=O) groups is 2. The van der Waals surface area contributed by atoms with Gasteiger partial charge in [-0.25, -0.2) is 0 Å². The predicted octanol–water partition coefficient (Wildman–Crippen LogP) is 8.25. The van der Waals surface area contributed by atoms with Crippen molar-refractivity contribution in [1.82, 2.24) is 10.2 Å². The highest BCUT2D eigenvalue weighted by molar-refractivity contribution is 8.00. The molecule has 2 aromatic heterocycles. The third-order valence-corrected chi connectivity index (χ3v) is 10.1. The Morgan fingerprint density at radius 3 is 2.54 bits per heavy atom. The standard InChI is InChI=1S/C36H35N3O7S2/c1-5-6-7-17-45-25-16-15-23(18-27(25)44-4)30-29(31(40)28-19-24-9-8-10-26(43-3)33(24)46-28)32(41)34(42)39(30)35-37-38-36(48-35)47-20-22-13-11-21(2)12-14-22/h8-16,18-19,30,41H,5-7,17,20H2,1-4H3. The zero-order chi connectivity index (χ0) is 33.8. The van der Waals surface area contributed by atoms with Crippen molar-refractivity contribution in [2.45, 2.75) is 49.2 Å². The SMILES string of the molecule is CCCCCOc1ccc(C2C(C(=O)c3cc4cccc(OC)c4o3)=C(O)C(=O)N2c2nnc(SCc3ccc(C)cc3)s2)cc1OC. The molecule has 5 aromatic rings. The molecule has 3 heterocycles. The molecule has 10 nitrogen and oxygen atoms in total. The fourth-order valence-electron chi connectivity index (χ4n) is 5.49. The third-order valence-electron chi connectivity index (χ3n) is 8.00. The largest absolute Gasteiger partial charge is 0.503 e. The molecule has 1 unspecified atom stereocenters. The number of amides is 1. The van der Waals surface area contributed by atoms with Crippen molar-refractivity contribution in [3.63, 3.8) is 0 Å². The van der Waals surface area contributed by atoms with Crippen LogP contribution in [0.3, 0.4) is 0 Å². The second-order valence-electron chi connectivity index (χ2n) is 11.2. The van der Waals surface area contributed by atoms with Gasteiger partial charge in [0.25, 0.3) is 5.91 Å². The monoisotopic (exact) mass is 685 g/mol. The zero-order valence-electron chi connectivity index (χ0n) is 27.0. The molecule has 248 valence electrons. The second kappa shape index (κ2) is 14.5. The van der Waals surface area contributed by atoms with Crippen LogP contribution in [0.4, 0.5) is 5.13 Å². The maximum Gasteiger partial charge on any atom is 0.296 e. The minimum atomic E-state index is -1.06. The summed E-state index contributed by atoms with van der Waals surface area (Å²) in [5.74, 6) is -0.101. The normalized spacial score (nSPS) is 14.6. The molecule has 1 aliphatic rings. The molecule has 1 amide bonds. The fourth-order valence-corrected chi connectivity index (χ4v) is 7.31. The summed E-state index contributed by atoms with van der Waals surface area (Å²) in [5.41, 5.74) is 3.03. The van der Waals surface area contributed by atoms with Crippen LogP contribution in [0.2, 0.25) is 0 Å². The molecule has 0 spiro atoms. The lowest BCUT2D eigenvalue weighted by Gasteiger charge is -2.24. The summed E-state index contributed by atoms with van der Waals surface area (Å²) in [5, 5.41) is 20.9. The van der Waals surface area contributed by atoms with Gasteiger partial charge >= 0.3 is 0 Å². The first-order chi connectivity index (χ1) is 23.3. The molecular weight excluding hydrogens is 651 g/mol. The summed E-state index contributed by atoms with van der Waals surface area (Å²) >= 11 is 2.69. The van der Waals surface area contributed by atoms with Gasteiger partial charge in [-0.3, -0.25) is 14.5 Å². The molecule has 0 bridgehead atoms. The van der Waals surface area contributed by atoms with E-state index in [4.69, 9.17) is 18.6 Å².